The van der Waals surface area contributed by atoms with E-state index in [1.54, 1.807) is 0 Å². The van der Waals surface area contributed by atoms with Crippen molar-refractivity contribution in [3.05, 3.63) is 36.5 Å². The Hall–Kier alpha value is -3.47. The maximum atomic E-state index is 13.0. The Morgan fingerprint density at radius 3 is 1.42 bits per heavy atom. The van der Waals surface area contributed by atoms with Crippen molar-refractivity contribution in [2.45, 2.75) is 168 Å². The van der Waals surface area contributed by atoms with Crippen molar-refractivity contribution in [1.29, 1.82) is 0 Å². The fraction of sp³-hybridized carbons (Fsp3) is 0.761. The van der Waals surface area contributed by atoms with E-state index >= 15 is 0 Å². The van der Waals surface area contributed by atoms with Crippen LogP contribution < -0.4 is 0 Å². The molecule has 2 unspecified atom stereocenters. The molecular weight excluding hydrogens is 728 g/mol. The van der Waals surface area contributed by atoms with Crippen LogP contribution in [0.5, 0.6) is 0 Å². The first-order valence-corrected chi connectivity index (χ1v) is 21.9. The van der Waals surface area contributed by atoms with Crippen molar-refractivity contribution in [2.75, 3.05) is 39.6 Å². The van der Waals surface area contributed by atoms with Gasteiger partial charge in [-0.2, -0.15) is 0 Å². The van der Waals surface area contributed by atoms with Crippen molar-refractivity contribution >= 4 is 29.8 Å². The molecule has 1 aliphatic carbocycles. The van der Waals surface area contributed by atoms with Gasteiger partial charge < -0.3 is 28.8 Å². The van der Waals surface area contributed by atoms with E-state index in [1.807, 2.05) is 0 Å². The molecule has 1 saturated carbocycles. The van der Waals surface area contributed by atoms with Gasteiger partial charge >= 0.3 is 29.8 Å². The van der Waals surface area contributed by atoms with Crippen LogP contribution in [0, 0.1) is 17.3 Å². The van der Waals surface area contributed by atoms with Crippen LogP contribution in [0.4, 0.5) is 0 Å². The molecule has 0 aromatic rings. The number of esters is 5. The summed E-state index contributed by atoms with van der Waals surface area (Å²) in [4.78, 5) is 62.5. The molecule has 0 saturated heterocycles. The summed E-state index contributed by atoms with van der Waals surface area (Å²) >= 11 is 0. The second-order valence-corrected chi connectivity index (χ2v) is 15.7. The standard InChI is InChI=1S/C46H76O11/c1-5-8-10-12-14-22-28-53-41(48)24-18-16-20-26-43(50)55-35-46(34-47,37-57-45(52)33-40-31-38(4)30-39(7-3)32-40)36-56-44(51)27-21-17-19-25-42(49)54-29-23-15-13-11-9-6-2/h8-11,39-40,47H,4-7,12-37H2,1-3H3/b10-8-,11-9-. The highest BCUT2D eigenvalue weighted by Crippen LogP contribution is 2.36. The minimum absolute atomic E-state index is 0.107. The molecule has 1 aliphatic rings. The van der Waals surface area contributed by atoms with E-state index < -0.39 is 29.9 Å². The van der Waals surface area contributed by atoms with Crippen molar-refractivity contribution in [3.8, 4) is 0 Å². The molecule has 0 amide bonds. The number of aliphatic hydroxyl groups is 1. The average molecular weight is 805 g/mol. The van der Waals surface area contributed by atoms with Gasteiger partial charge in [-0.1, -0.05) is 76.5 Å². The number of rotatable bonds is 34. The molecule has 11 heteroatoms. The molecule has 0 aliphatic heterocycles. The third-order valence-corrected chi connectivity index (χ3v) is 10.2. The third-order valence-electron chi connectivity index (χ3n) is 10.2. The van der Waals surface area contributed by atoms with E-state index in [0.29, 0.717) is 57.7 Å². The van der Waals surface area contributed by atoms with Crippen LogP contribution in [0.15, 0.2) is 36.5 Å². The molecule has 1 N–H and O–H groups in total. The SMILES string of the molecule is C=C1CC(CC)CC(CC(=O)OCC(CO)(COC(=O)CCCCCC(=O)OCCCC/C=C\CC)COC(=O)CCCCCC(=O)OCCCC/C=C\CC)C1. The monoisotopic (exact) mass is 805 g/mol. The number of carbonyl (C=O) groups is 5. The van der Waals surface area contributed by atoms with Crippen molar-refractivity contribution < 1.29 is 52.8 Å². The number of ether oxygens (including phenoxy) is 5. The van der Waals surface area contributed by atoms with Gasteiger partial charge in [0, 0.05) is 32.1 Å². The lowest BCUT2D eigenvalue weighted by Gasteiger charge is -2.32. The maximum absolute atomic E-state index is 13.0. The van der Waals surface area contributed by atoms with Gasteiger partial charge in [-0.15, -0.1) is 0 Å². The van der Waals surface area contributed by atoms with E-state index in [4.69, 9.17) is 23.7 Å². The first kappa shape index (κ1) is 51.5. The fourth-order valence-electron chi connectivity index (χ4n) is 6.65. The molecule has 0 aromatic heterocycles. The number of hydrogen-bond donors (Lipinski definition) is 1. The molecule has 326 valence electrons. The quantitative estimate of drug-likeness (QED) is 0.0287. The fourth-order valence-corrected chi connectivity index (χ4v) is 6.65. The molecule has 0 aromatic carbocycles. The molecule has 0 bridgehead atoms. The van der Waals surface area contributed by atoms with Gasteiger partial charge in [-0.3, -0.25) is 24.0 Å². The first-order valence-electron chi connectivity index (χ1n) is 21.9. The zero-order valence-electron chi connectivity index (χ0n) is 35.7. The molecule has 0 heterocycles. The van der Waals surface area contributed by atoms with Crippen LogP contribution in [0.3, 0.4) is 0 Å². The van der Waals surface area contributed by atoms with Crippen LogP contribution in [-0.2, 0) is 47.7 Å². The van der Waals surface area contributed by atoms with E-state index in [0.717, 1.165) is 82.6 Å². The number of unbranched alkanes of at least 4 members (excludes halogenated alkanes) is 8. The highest BCUT2D eigenvalue weighted by molar-refractivity contribution is 5.71. The molecular formula is C46H76O11. The lowest BCUT2D eigenvalue weighted by molar-refractivity contribution is -0.166. The Morgan fingerprint density at radius 1 is 0.579 bits per heavy atom. The minimum atomic E-state index is -1.34. The molecule has 11 nitrogen and oxygen atoms in total. The van der Waals surface area contributed by atoms with Crippen LogP contribution in [0.1, 0.15) is 168 Å². The summed E-state index contributed by atoms with van der Waals surface area (Å²) in [6.45, 7) is 9.84. The van der Waals surface area contributed by atoms with Gasteiger partial charge in [0.15, 0.2) is 0 Å². The van der Waals surface area contributed by atoms with Crippen molar-refractivity contribution in [3.63, 3.8) is 0 Å². The molecule has 0 radical (unpaired) electrons. The highest BCUT2D eigenvalue weighted by Gasteiger charge is 2.36. The predicted molar refractivity (Wildman–Crippen MR) is 222 cm³/mol. The molecule has 0 spiro atoms. The Morgan fingerprint density at radius 2 is 1.00 bits per heavy atom. The van der Waals surface area contributed by atoms with Crippen LogP contribution in [0.2, 0.25) is 0 Å². The number of aliphatic hydroxyl groups excluding tert-OH is 1. The van der Waals surface area contributed by atoms with Gasteiger partial charge in [0.25, 0.3) is 0 Å². The summed E-state index contributed by atoms with van der Waals surface area (Å²) in [7, 11) is 0. The summed E-state index contributed by atoms with van der Waals surface area (Å²) in [5, 5.41) is 10.5. The van der Waals surface area contributed by atoms with Crippen LogP contribution >= 0.6 is 0 Å². The summed E-state index contributed by atoms with van der Waals surface area (Å²) in [6, 6.07) is 0. The number of allylic oxidation sites excluding steroid dienone is 5. The second kappa shape index (κ2) is 33.5. The van der Waals surface area contributed by atoms with Gasteiger partial charge in [0.05, 0.1) is 25.2 Å². The Bertz CT molecular complexity index is 1140. The topological polar surface area (TPSA) is 152 Å². The van der Waals surface area contributed by atoms with Crippen molar-refractivity contribution in [1.82, 2.24) is 0 Å². The van der Waals surface area contributed by atoms with Crippen LogP contribution in [-0.4, -0.2) is 74.6 Å². The van der Waals surface area contributed by atoms with E-state index in [1.165, 1.54) is 0 Å². The lowest BCUT2D eigenvalue weighted by Crippen LogP contribution is -2.42. The Balaban J connectivity index is 2.55. The second-order valence-electron chi connectivity index (χ2n) is 15.7. The molecule has 2 atom stereocenters. The van der Waals surface area contributed by atoms with E-state index in [-0.39, 0.29) is 69.8 Å². The van der Waals surface area contributed by atoms with Crippen LogP contribution in [0.25, 0.3) is 0 Å². The van der Waals surface area contributed by atoms with Gasteiger partial charge in [-0.05, 0) is 108 Å². The largest absolute Gasteiger partial charge is 0.466 e. The average Bonchev–Trinajstić information content (AvgIpc) is 3.19. The molecule has 1 rings (SSSR count). The Labute approximate surface area is 343 Å². The minimum Gasteiger partial charge on any atom is -0.466 e. The summed E-state index contributed by atoms with van der Waals surface area (Å²) in [6.07, 6.45) is 24.3. The van der Waals surface area contributed by atoms with Gasteiger partial charge in [0.2, 0.25) is 0 Å². The molecule has 57 heavy (non-hydrogen) atoms. The third kappa shape index (κ3) is 27.7. The zero-order chi connectivity index (χ0) is 42.0. The Kier molecular flexibility index (Phi) is 30.3. The summed E-state index contributed by atoms with van der Waals surface area (Å²) < 4.78 is 27.3. The number of carbonyl (C=O) groups excluding carboxylic acids is 5. The van der Waals surface area contributed by atoms with Gasteiger partial charge in [0.1, 0.15) is 19.8 Å². The summed E-state index contributed by atoms with van der Waals surface area (Å²) in [5.74, 6) is -1.29. The number of hydrogen-bond acceptors (Lipinski definition) is 11. The summed E-state index contributed by atoms with van der Waals surface area (Å²) in [5.41, 5.74) is -0.202. The predicted octanol–water partition coefficient (Wildman–Crippen LogP) is 9.63. The van der Waals surface area contributed by atoms with E-state index in [2.05, 4.69) is 51.7 Å². The normalized spacial score (nSPS) is 15.8. The maximum Gasteiger partial charge on any atom is 0.306 e. The first-order chi connectivity index (χ1) is 27.6. The highest BCUT2D eigenvalue weighted by atomic mass is 16.6. The molecule has 1 fully saturated rings. The zero-order valence-corrected chi connectivity index (χ0v) is 35.7. The lowest BCUT2D eigenvalue weighted by atomic mass is 9.76. The van der Waals surface area contributed by atoms with Gasteiger partial charge in [-0.25, -0.2) is 0 Å². The van der Waals surface area contributed by atoms with E-state index in [9.17, 15) is 29.1 Å². The smallest absolute Gasteiger partial charge is 0.306 e. The van der Waals surface area contributed by atoms with Crippen molar-refractivity contribution in [2.24, 2.45) is 17.3 Å².